The van der Waals surface area contributed by atoms with E-state index in [1.165, 1.54) is 0 Å². The van der Waals surface area contributed by atoms with E-state index < -0.39 is 0 Å². The second kappa shape index (κ2) is 6.85. The molecule has 0 unspecified atom stereocenters. The molecule has 3 aliphatic rings. The molecule has 1 saturated carbocycles. The van der Waals surface area contributed by atoms with E-state index in [0.717, 1.165) is 25.7 Å². The van der Waals surface area contributed by atoms with Crippen LogP contribution in [0.5, 0.6) is 0 Å². The van der Waals surface area contributed by atoms with Crippen LogP contribution >= 0.6 is 23.2 Å². The maximum Gasteiger partial charge on any atom is 0.273 e. The van der Waals surface area contributed by atoms with Crippen molar-refractivity contribution in [3.8, 4) is 0 Å². The minimum Gasteiger partial charge on any atom is -0.489 e. The first-order chi connectivity index (χ1) is 12.1. The zero-order chi connectivity index (χ0) is 17.4. The first-order valence-corrected chi connectivity index (χ1v) is 9.26. The molecule has 130 valence electrons. The fourth-order valence-corrected chi connectivity index (χ4v) is 4.19. The summed E-state index contributed by atoms with van der Waals surface area (Å²) in [5.41, 5.74) is 0.347. The summed E-state index contributed by atoms with van der Waals surface area (Å²) in [6.07, 6.45) is 13.1. The number of pyridine rings is 1. The largest absolute Gasteiger partial charge is 0.489 e. The number of carbonyl (C=O) groups is 1. The molecule has 0 spiro atoms. The molecule has 1 aliphatic heterocycles. The SMILES string of the molecule is O=C(c1cc(Cl)ccn1)N1[C@@H]2CCCC[C@H]2OC2=C(Cl)C=CC=C[C@@H]21. The van der Waals surface area contributed by atoms with E-state index in [1.54, 1.807) is 24.4 Å². The summed E-state index contributed by atoms with van der Waals surface area (Å²) in [6, 6.07) is 2.97. The molecule has 2 fully saturated rings. The number of aromatic nitrogens is 1. The number of allylic oxidation sites excluding steroid dienone is 4. The van der Waals surface area contributed by atoms with Gasteiger partial charge in [0.15, 0.2) is 0 Å². The van der Waals surface area contributed by atoms with Gasteiger partial charge in [0.05, 0.1) is 11.1 Å². The Bertz CT molecular complexity index is 787. The van der Waals surface area contributed by atoms with Crippen LogP contribution in [0.25, 0.3) is 0 Å². The van der Waals surface area contributed by atoms with Gasteiger partial charge in [0.25, 0.3) is 5.91 Å². The minimum atomic E-state index is -0.324. The van der Waals surface area contributed by atoms with Crippen molar-refractivity contribution in [3.05, 3.63) is 64.1 Å². The Labute approximate surface area is 156 Å². The van der Waals surface area contributed by atoms with Crippen LogP contribution in [0.4, 0.5) is 0 Å². The Balaban J connectivity index is 1.78. The van der Waals surface area contributed by atoms with E-state index in [9.17, 15) is 4.79 Å². The highest BCUT2D eigenvalue weighted by molar-refractivity contribution is 6.31. The number of nitrogens with zero attached hydrogens (tertiary/aromatic N) is 2. The molecule has 0 bridgehead atoms. The predicted molar refractivity (Wildman–Crippen MR) is 97.5 cm³/mol. The summed E-state index contributed by atoms with van der Waals surface area (Å²) in [7, 11) is 0. The Morgan fingerprint density at radius 2 is 2.08 bits per heavy atom. The lowest BCUT2D eigenvalue weighted by atomic mass is 9.87. The molecule has 3 atom stereocenters. The molecule has 2 aliphatic carbocycles. The molecule has 0 aromatic carbocycles. The maximum absolute atomic E-state index is 13.3. The van der Waals surface area contributed by atoms with Gasteiger partial charge in [-0.05, 0) is 37.5 Å². The van der Waals surface area contributed by atoms with E-state index in [2.05, 4.69) is 4.98 Å². The van der Waals surface area contributed by atoms with Gasteiger partial charge in [0.1, 0.15) is 23.6 Å². The van der Waals surface area contributed by atoms with Crippen molar-refractivity contribution in [3.63, 3.8) is 0 Å². The number of fused-ring (bicyclic) bond motifs is 2. The number of morpholine rings is 1. The lowest BCUT2D eigenvalue weighted by Gasteiger charge is -2.48. The molecule has 1 aromatic rings. The zero-order valence-corrected chi connectivity index (χ0v) is 15.1. The summed E-state index contributed by atoms with van der Waals surface area (Å²) in [5.74, 6) is 0.506. The van der Waals surface area contributed by atoms with Gasteiger partial charge < -0.3 is 9.64 Å². The Hall–Kier alpha value is -1.78. The van der Waals surface area contributed by atoms with Gasteiger partial charge in [0.2, 0.25) is 0 Å². The summed E-state index contributed by atoms with van der Waals surface area (Å²) in [5, 5.41) is 1.04. The van der Waals surface area contributed by atoms with Crippen LogP contribution in [-0.2, 0) is 4.74 Å². The molecule has 1 amide bonds. The lowest BCUT2D eigenvalue weighted by Crippen LogP contribution is -2.58. The third-order valence-electron chi connectivity index (χ3n) is 4.93. The number of ether oxygens (including phenoxy) is 1. The fourth-order valence-electron chi connectivity index (χ4n) is 3.80. The molecular weight excluding hydrogens is 359 g/mol. The van der Waals surface area contributed by atoms with Crippen molar-refractivity contribution in [2.75, 3.05) is 0 Å². The van der Waals surface area contributed by atoms with Crippen LogP contribution in [0.1, 0.15) is 36.2 Å². The zero-order valence-electron chi connectivity index (χ0n) is 13.6. The smallest absolute Gasteiger partial charge is 0.273 e. The highest BCUT2D eigenvalue weighted by atomic mass is 35.5. The molecule has 4 nitrogen and oxygen atoms in total. The van der Waals surface area contributed by atoms with E-state index in [4.69, 9.17) is 27.9 Å². The number of hydrogen-bond donors (Lipinski definition) is 0. The van der Waals surface area contributed by atoms with Gasteiger partial charge in [-0.3, -0.25) is 9.78 Å². The first-order valence-electron chi connectivity index (χ1n) is 8.50. The number of halogens is 2. The molecule has 4 rings (SSSR count). The molecule has 1 aromatic heterocycles. The van der Waals surface area contributed by atoms with Crippen molar-refractivity contribution in [1.29, 1.82) is 0 Å². The maximum atomic E-state index is 13.3. The fraction of sp³-hybridized carbons (Fsp3) is 0.368. The number of carbonyl (C=O) groups excluding carboxylic acids is 1. The van der Waals surface area contributed by atoms with Gasteiger partial charge in [-0.25, -0.2) is 0 Å². The van der Waals surface area contributed by atoms with Gasteiger partial charge in [-0.15, -0.1) is 0 Å². The van der Waals surface area contributed by atoms with Gasteiger partial charge in [-0.2, -0.15) is 0 Å². The standard InChI is InChI=1S/C19H18Cl2N2O2/c20-12-9-10-22-14(11-12)19(24)23-15-6-3-4-8-17(15)25-18-13(21)5-1-2-7-16(18)23/h1-2,5,7,9-11,15-17H,3-4,6,8H2/t15-,16+,17-/m1/s1. The van der Waals surface area contributed by atoms with Crippen molar-refractivity contribution >= 4 is 29.1 Å². The quantitative estimate of drug-likeness (QED) is 0.726. The van der Waals surface area contributed by atoms with E-state index in [0.29, 0.717) is 21.5 Å². The third kappa shape index (κ3) is 3.09. The average molecular weight is 377 g/mol. The molecule has 2 heterocycles. The molecule has 6 heteroatoms. The van der Waals surface area contributed by atoms with Crippen molar-refractivity contribution < 1.29 is 9.53 Å². The number of amides is 1. The topological polar surface area (TPSA) is 42.4 Å². The van der Waals surface area contributed by atoms with Crippen molar-refractivity contribution in [2.24, 2.45) is 0 Å². The third-order valence-corrected chi connectivity index (χ3v) is 5.48. The Kier molecular flexibility index (Phi) is 4.57. The van der Waals surface area contributed by atoms with Gasteiger partial charge in [-0.1, -0.05) is 47.9 Å². The molecule has 25 heavy (non-hydrogen) atoms. The number of hydrogen-bond acceptors (Lipinski definition) is 3. The van der Waals surface area contributed by atoms with E-state index in [1.807, 2.05) is 23.1 Å². The van der Waals surface area contributed by atoms with Crippen LogP contribution in [0, 0.1) is 0 Å². The second-order valence-electron chi connectivity index (χ2n) is 6.48. The van der Waals surface area contributed by atoms with Crippen LogP contribution < -0.4 is 0 Å². The van der Waals surface area contributed by atoms with E-state index >= 15 is 0 Å². The molecular formula is C19H18Cl2N2O2. The molecule has 0 N–H and O–H groups in total. The Morgan fingerprint density at radius 1 is 1.24 bits per heavy atom. The predicted octanol–water partition coefficient (Wildman–Crippen LogP) is 4.46. The monoisotopic (exact) mass is 376 g/mol. The van der Waals surface area contributed by atoms with Gasteiger partial charge >= 0.3 is 0 Å². The first kappa shape index (κ1) is 16.7. The van der Waals surface area contributed by atoms with Crippen LogP contribution in [0.15, 0.2) is 53.4 Å². The summed E-state index contributed by atoms with van der Waals surface area (Å²) in [6.45, 7) is 0. The summed E-state index contributed by atoms with van der Waals surface area (Å²) < 4.78 is 6.23. The number of rotatable bonds is 1. The van der Waals surface area contributed by atoms with Crippen LogP contribution in [0.3, 0.4) is 0 Å². The average Bonchev–Trinajstić information content (AvgIpc) is 2.81. The van der Waals surface area contributed by atoms with Gasteiger partial charge in [0, 0.05) is 11.2 Å². The normalized spacial score (nSPS) is 28.1. The van der Waals surface area contributed by atoms with Crippen LogP contribution in [0.2, 0.25) is 5.02 Å². The van der Waals surface area contributed by atoms with E-state index in [-0.39, 0.29) is 24.1 Å². The van der Waals surface area contributed by atoms with Crippen molar-refractivity contribution in [2.45, 2.75) is 43.9 Å². The summed E-state index contributed by atoms with van der Waals surface area (Å²) >= 11 is 12.5. The highest BCUT2D eigenvalue weighted by Crippen LogP contribution is 2.39. The summed E-state index contributed by atoms with van der Waals surface area (Å²) in [4.78, 5) is 19.4. The second-order valence-corrected chi connectivity index (χ2v) is 7.32. The molecule has 0 radical (unpaired) electrons. The molecule has 1 saturated heterocycles. The van der Waals surface area contributed by atoms with Crippen molar-refractivity contribution in [1.82, 2.24) is 9.88 Å². The van der Waals surface area contributed by atoms with Crippen LogP contribution in [-0.4, -0.2) is 34.0 Å². The Morgan fingerprint density at radius 3 is 2.92 bits per heavy atom. The lowest BCUT2D eigenvalue weighted by molar-refractivity contribution is -0.0534. The minimum absolute atomic E-state index is 0.0167. The highest BCUT2D eigenvalue weighted by Gasteiger charge is 2.45.